The second-order valence-corrected chi connectivity index (χ2v) is 7.38. The number of halogens is 5. The lowest BCUT2D eigenvalue weighted by molar-refractivity contribution is -0.275. The van der Waals surface area contributed by atoms with Crippen LogP contribution in [0, 0.1) is 13.8 Å². The fourth-order valence-corrected chi connectivity index (χ4v) is 3.73. The van der Waals surface area contributed by atoms with E-state index in [2.05, 4.69) is 5.16 Å². The SMILES string of the molecule is Cc1c(C(=O)O)ccc(C2=NOC(c3cc(Cl)cc(Cl)c3)(C(F)(F)F)C2)c1C. The number of benzene rings is 2. The summed E-state index contributed by atoms with van der Waals surface area (Å²) in [4.78, 5) is 16.2. The predicted molar refractivity (Wildman–Crippen MR) is 99.3 cm³/mol. The molecular formula is C19H14Cl2F3NO3. The predicted octanol–water partition coefficient (Wildman–Crippen LogP) is 5.89. The summed E-state index contributed by atoms with van der Waals surface area (Å²) in [5, 5.41) is 13.0. The van der Waals surface area contributed by atoms with Crippen molar-refractivity contribution in [2.45, 2.75) is 32.0 Å². The molecule has 0 aliphatic carbocycles. The van der Waals surface area contributed by atoms with E-state index in [-0.39, 0.29) is 26.9 Å². The van der Waals surface area contributed by atoms with E-state index < -0.39 is 24.2 Å². The first-order chi connectivity index (χ1) is 13.0. The summed E-state index contributed by atoms with van der Waals surface area (Å²) in [6.45, 7) is 3.22. The summed E-state index contributed by atoms with van der Waals surface area (Å²) in [6, 6.07) is 6.39. The highest BCUT2D eigenvalue weighted by molar-refractivity contribution is 6.34. The van der Waals surface area contributed by atoms with Crippen LogP contribution in [0.2, 0.25) is 10.0 Å². The maximum absolute atomic E-state index is 14.0. The molecule has 0 radical (unpaired) electrons. The van der Waals surface area contributed by atoms with E-state index in [0.717, 1.165) is 12.1 Å². The van der Waals surface area contributed by atoms with Crippen LogP contribution in [0.4, 0.5) is 13.2 Å². The van der Waals surface area contributed by atoms with Gasteiger partial charge in [-0.3, -0.25) is 0 Å². The molecule has 0 bridgehead atoms. The summed E-state index contributed by atoms with van der Waals surface area (Å²) < 4.78 is 42.1. The summed E-state index contributed by atoms with van der Waals surface area (Å²) in [5.41, 5.74) is -1.50. The molecule has 9 heteroatoms. The molecule has 1 atom stereocenters. The number of hydrogen-bond acceptors (Lipinski definition) is 3. The molecule has 0 spiro atoms. The molecule has 0 aromatic heterocycles. The number of rotatable bonds is 3. The zero-order valence-electron chi connectivity index (χ0n) is 14.7. The molecule has 2 aromatic carbocycles. The van der Waals surface area contributed by atoms with Crippen LogP contribution in [0.25, 0.3) is 0 Å². The standard InChI is InChI=1S/C19H14Cl2F3NO3/c1-9-10(2)15(17(26)27)4-3-14(9)16-8-18(28-25-16,19(22,23)24)11-5-12(20)7-13(21)6-11/h3-7H,8H2,1-2H3,(H,26,27). The van der Waals surface area contributed by atoms with Crippen LogP contribution in [0.1, 0.15) is 39.0 Å². The summed E-state index contributed by atoms with van der Waals surface area (Å²) >= 11 is 11.8. The van der Waals surface area contributed by atoms with Crippen LogP contribution in [-0.4, -0.2) is 23.0 Å². The molecule has 0 saturated heterocycles. The Bertz CT molecular complexity index is 984. The molecule has 28 heavy (non-hydrogen) atoms. The molecule has 1 aliphatic rings. The van der Waals surface area contributed by atoms with Crippen LogP contribution < -0.4 is 0 Å². The average Bonchev–Trinajstić information content (AvgIpc) is 3.02. The average molecular weight is 432 g/mol. The highest BCUT2D eigenvalue weighted by Gasteiger charge is 2.62. The number of aromatic carboxylic acids is 1. The van der Waals surface area contributed by atoms with Gasteiger partial charge in [0, 0.05) is 27.6 Å². The molecule has 0 amide bonds. The number of alkyl halides is 3. The molecule has 1 unspecified atom stereocenters. The van der Waals surface area contributed by atoms with E-state index >= 15 is 0 Å². The molecule has 148 valence electrons. The lowest BCUT2D eigenvalue weighted by atomic mass is 9.85. The second kappa shape index (κ2) is 6.97. The Morgan fingerprint density at radius 3 is 2.29 bits per heavy atom. The minimum absolute atomic E-state index is 0.0426. The first-order valence-corrected chi connectivity index (χ1v) is 8.84. The van der Waals surface area contributed by atoms with Crippen molar-refractivity contribution >= 4 is 34.9 Å². The van der Waals surface area contributed by atoms with Gasteiger partial charge in [-0.2, -0.15) is 13.2 Å². The summed E-state index contributed by atoms with van der Waals surface area (Å²) in [5.74, 6) is -1.12. The van der Waals surface area contributed by atoms with Gasteiger partial charge in [-0.15, -0.1) is 0 Å². The molecular weight excluding hydrogens is 418 g/mol. The normalized spacial score (nSPS) is 19.3. The summed E-state index contributed by atoms with van der Waals surface area (Å²) in [6.07, 6.45) is -5.39. The van der Waals surface area contributed by atoms with Crippen molar-refractivity contribution in [1.29, 1.82) is 0 Å². The van der Waals surface area contributed by atoms with Gasteiger partial charge in [-0.25, -0.2) is 4.79 Å². The van der Waals surface area contributed by atoms with Gasteiger partial charge >= 0.3 is 12.1 Å². The Kier molecular flexibility index (Phi) is 5.10. The largest absolute Gasteiger partial charge is 0.478 e. The van der Waals surface area contributed by atoms with Crippen molar-refractivity contribution in [1.82, 2.24) is 0 Å². The molecule has 4 nitrogen and oxygen atoms in total. The Hall–Kier alpha value is -2.25. The Balaban J connectivity index is 2.08. The third-order valence-corrected chi connectivity index (χ3v) is 5.28. The maximum Gasteiger partial charge on any atom is 0.435 e. The minimum Gasteiger partial charge on any atom is -0.478 e. The highest BCUT2D eigenvalue weighted by atomic mass is 35.5. The number of carboxylic acid groups (broad SMARTS) is 1. The number of nitrogens with zero attached hydrogens (tertiary/aromatic N) is 1. The molecule has 1 aliphatic heterocycles. The quantitative estimate of drug-likeness (QED) is 0.658. The maximum atomic E-state index is 14.0. The van der Waals surface area contributed by atoms with Gasteiger partial charge in [0.15, 0.2) is 0 Å². The first-order valence-electron chi connectivity index (χ1n) is 8.08. The third kappa shape index (κ3) is 3.33. The van der Waals surface area contributed by atoms with Crippen molar-refractivity contribution in [2.75, 3.05) is 0 Å². The van der Waals surface area contributed by atoms with Crippen LogP contribution in [0.5, 0.6) is 0 Å². The van der Waals surface area contributed by atoms with E-state index in [4.69, 9.17) is 28.0 Å². The van der Waals surface area contributed by atoms with E-state index in [1.165, 1.54) is 18.2 Å². The van der Waals surface area contributed by atoms with Gasteiger partial charge < -0.3 is 9.94 Å². The van der Waals surface area contributed by atoms with Gasteiger partial charge in [-0.05, 0) is 49.2 Å². The van der Waals surface area contributed by atoms with Crippen molar-refractivity contribution in [3.8, 4) is 0 Å². The van der Waals surface area contributed by atoms with Crippen molar-refractivity contribution in [3.63, 3.8) is 0 Å². The van der Waals surface area contributed by atoms with Gasteiger partial charge in [0.1, 0.15) is 0 Å². The lowest BCUT2D eigenvalue weighted by Gasteiger charge is -2.29. The summed E-state index contributed by atoms with van der Waals surface area (Å²) in [7, 11) is 0. The monoisotopic (exact) mass is 431 g/mol. The molecule has 3 rings (SSSR count). The number of carboxylic acids is 1. The fourth-order valence-electron chi connectivity index (χ4n) is 3.20. The van der Waals surface area contributed by atoms with Gasteiger partial charge in [0.2, 0.25) is 0 Å². The smallest absolute Gasteiger partial charge is 0.435 e. The minimum atomic E-state index is -4.80. The van der Waals surface area contributed by atoms with Crippen LogP contribution >= 0.6 is 23.2 Å². The van der Waals surface area contributed by atoms with Crippen LogP contribution in [0.3, 0.4) is 0 Å². The third-order valence-electron chi connectivity index (χ3n) is 4.84. The van der Waals surface area contributed by atoms with E-state index in [1.54, 1.807) is 13.8 Å². The first kappa shape index (κ1) is 20.5. The topological polar surface area (TPSA) is 58.9 Å². The van der Waals surface area contributed by atoms with Gasteiger partial charge in [0.25, 0.3) is 5.60 Å². The molecule has 1 heterocycles. The number of hydrogen-bond donors (Lipinski definition) is 1. The lowest BCUT2D eigenvalue weighted by Crippen LogP contribution is -2.42. The zero-order chi connectivity index (χ0) is 20.9. The molecule has 1 N–H and O–H groups in total. The Morgan fingerprint density at radius 2 is 1.75 bits per heavy atom. The van der Waals surface area contributed by atoms with E-state index in [1.807, 2.05) is 0 Å². The zero-order valence-corrected chi connectivity index (χ0v) is 16.2. The molecule has 0 fully saturated rings. The van der Waals surface area contributed by atoms with Crippen LogP contribution in [-0.2, 0) is 10.4 Å². The fraction of sp³-hybridized carbons (Fsp3) is 0.263. The van der Waals surface area contributed by atoms with Gasteiger partial charge in [0.05, 0.1) is 11.3 Å². The van der Waals surface area contributed by atoms with E-state index in [0.29, 0.717) is 16.7 Å². The van der Waals surface area contributed by atoms with Crippen molar-refractivity contribution < 1.29 is 27.9 Å². The number of carbonyl (C=O) groups is 1. The number of oxime groups is 1. The van der Waals surface area contributed by atoms with E-state index in [9.17, 15) is 23.1 Å². The van der Waals surface area contributed by atoms with Crippen molar-refractivity contribution in [3.05, 3.63) is 68.2 Å². The Labute approximate surface area is 168 Å². The molecule has 2 aromatic rings. The second-order valence-electron chi connectivity index (χ2n) is 6.50. The van der Waals surface area contributed by atoms with Crippen molar-refractivity contribution in [2.24, 2.45) is 5.16 Å². The Morgan fingerprint density at radius 1 is 1.14 bits per heavy atom. The van der Waals surface area contributed by atoms with Crippen LogP contribution in [0.15, 0.2) is 35.5 Å². The highest BCUT2D eigenvalue weighted by Crippen LogP contribution is 2.50. The molecule has 0 saturated carbocycles. The van der Waals surface area contributed by atoms with Gasteiger partial charge in [-0.1, -0.05) is 34.4 Å².